The first-order chi connectivity index (χ1) is 4.86. The van der Waals surface area contributed by atoms with Gasteiger partial charge < -0.3 is 0 Å². The second kappa shape index (κ2) is 2.26. The zero-order chi connectivity index (χ0) is 6.97. The van der Waals surface area contributed by atoms with Gasteiger partial charge >= 0.3 is 0 Å². The average Bonchev–Trinajstić information content (AvgIpc) is 2.33. The van der Waals surface area contributed by atoms with Gasteiger partial charge in [0.15, 0.2) is 0 Å². The lowest BCUT2D eigenvalue weighted by molar-refractivity contribution is 0.840. The molecule has 0 heterocycles. The van der Waals surface area contributed by atoms with Crippen molar-refractivity contribution in [3.63, 3.8) is 0 Å². The standard InChI is InChI=1S/C10H14/c1-8-5-6-9-3-2-4-10(9)7-8/h7H,2-6H2,1H3. The topological polar surface area (TPSA) is 0 Å². The van der Waals surface area contributed by atoms with E-state index in [1.807, 2.05) is 0 Å². The van der Waals surface area contributed by atoms with E-state index in [2.05, 4.69) is 13.0 Å². The Hall–Kier alpha value is -0.520. The Bertz CT molecular complexity index is 206. The Labute approximate surface area is 62.6 Å². The first kappa shape index (κ1) is 6.21. The van der Waals surface area contributed by atoms with Crippen LogP contribution in [0.5, 0.6) is 0 Å². The molecule has 0 nitrogen and oxygen atoms in total. The normalized spacial score (nSPS) is 24.7. The summed E-state index contributed by atoms with van der Waals surface area (Å²) < 4.78 is 0. The quantitative estimate of drug-likeness (QED) is 0.477. The molecular formula is C10H14. The Balaban J connectivity index is 2.29. The van der Waals surface area contributed by atoms with Crippen LogP contribution in [0.4, 0.5) is 0 Å². The Morgan fingerprint density at radius 1 is 1.10 bits per heavy atom. The van der Waals surface area contributed by atoms with Crippen LogP contribution >= 0.6 is 0 Å². The van der Waals surface area contributed by atoms with Gasteiger partial charge in [-0.2, -0.15) is 0 Å². The Morgan fingerprint density at radius 3 is 2.90 bits per heavy atom. The summed E-state index contributed by atoms with van der Waals surface area (Å²) >= 11 is 0. The second-order valence-corrected chi connectivity index (χ2v) is 3.47. The zero-order valence-corrected chi connectivity index (χ0v) is 6.61. The van der Waals surface area contributed by atoms with Crippen molar-refractivity contribution in [2.45, 2.75) is 39.0 Å². The molecule has 0 unspecified atom stereocenters. The lowest BCUT2D eigenvalue weighted by Gasteiger charge is -2.11. The molecule has 0 amide bonds. The van der Waals surface area contributed by atoms with Crippen LogP contribution in [0.25, 0.3) is 0 Å². The van der Waals surface area contributed by atoms with E-state index in [0.717, 1.165) is 0 Å². The minimum absolute atomic E-state index is 1.32. The summed E-state index contributed by atoms with van der Waals surface area (Å²) in [6, 6.07) is 0. The van der Waals surface area contributed by atoms with Crippen molar-refractivity contribution >= 4 is 0 Å². The maximum absolute atomic E-state index is 2.41. The maximum Gasteiger partial charge on any atom is -0.0276 e. The molecule has 0 saturated heterocycles. The molecule has 54 valence electrons. The predicted molar refractivity (Wildman–Crippen MR) is 43.9 cm³/mol. The molecule has 10 heavy (non-hydrogen) atoms. The van der Waals surface area contributed by atoms with Gasteiger partial charge in [-0.05, 0) is 44.6 Å². The molecule has 0 bridgehead atoms. The molecule has 0 N–H and O–H groups in total. The van der Waals surface area contributed by atoms with Gasteiger partial charge in [-0.3, -0.25) is 0 Å². The molecule has 0 aromatic heterocycles. The third-order valence-electron chi connectivity index (χ3n) is 2.62. The first-order valence-corrected chi connectivity index (χ1v) is 4.24. The summed E-state index contributed by atoms with van der Waals surface area (Å²) in [4.78, 5) is 0. The molecule has 0 spiro atoms. The highest BCUT2D eigenvalue weighted by Gasteiger charge is 2.15. The smallest absolute Gasteiger partial charge is 0.0276 e. The van der Waals surface area contributed by atoms with Crippen molar-refractivity contribution in [2.24, 2.45) is 0 Å². The van der Waals surface area contributed by atoms with Crippen molar-refractivity contribution in [2.75, 3.05) is 0 Å². The lowest BCUT2D eigenvalue weighted by Crippen LogP contribution is -1.91. The molecule has 0 saturated carbocycles. The second-order valence-electron chi connectivity index (χ2n) is 3.47. The minimum Gasteiger partial charge on any atom is -0.0727 e. The van der Waals surface area contributed by atoms with Gasteiger partial charge in [-0.15, -0.1) is 0 Å². The van der Waals surface area contributed by atoms with Gasteiger partial charge in [-0.1, -0.05) is 17.2 Å². The highest BCUT2D eigenvalue weighted by molar-refractivity contribution is 5.35. The van der Waals surface area contributed by atoms with E-state index in [1.165, 1.54) is 32.1 Å². The first-order valence-electron chi connectivity index (χ1n) is 4.24. The van der Waals surface area contributed by atoms with E-state index < -0.39 is 0 Å². The Morgan fingerprint density at radius 2 is 2.00 bits per heavy atom. The fourth-order valence-electron chi connectivity index (χ4n) is 2.01. The fourth-order valence-corrected chi connectivity index (χ4v) is 2.01. The molecule has 2 aliphatic carbocycles. The summed E-state index contributed by atoms with van der Waals surface area (Å²) in [6.07, 6.45) is 9.24. The van der Waals surface area contributed by atoms with Crippen LogP contribution in [-0.4, -0.2) is 0 Å². The van der Waals surface area contributed by atoms with Gasteiger partial charge in [-0.25, -0.2) is 0 Å². The minimum atomic E-state index is 1.32. The summed E-state index contributed by atoms with van der Waals surface area (Å²) in [5.74, 6) is 0. The molecule has 0 radical (unpaired) electrons. The van der Waals surface area contributed by atoms with E-state index in [1.54, 1.807) is 16.7 Å². The van der Waals surface area contributed by atoms with Crippen LogP contribution in [0.1, 0.15) is 39.0 Å². The molecule has 0 atom stereocenters. The summed E-state index contributed by atoms with van der Waals surface area (Å²) in [5, 5.41) is 0. The van der Waals surface area contributed by atoms with E-state index in [-0.39, 0.29) is 0 Å². The highest BCUT2D eigenvalue weighted by atomic mass is 14.2. The molecule has 0 aromatic rings. The van der Waals surface area contributed by atoms with E-state index >= 15 is 0 Å². The van der Waals surface area contributed by atoms with Crippen LogP contribution in [-0.2, 0) is 0 Å². The number of hydrogen-bond acceptors (Lipinski definition) is 0. The van der Waals surface area contributed by atoms with E-state index in [0.29, 0.717) is 0 Å². The summed E-state index contributed by atoms with van der Waals surface area (Å²) in [5.41, 5.74) is 5.01. The van der Waals surface area contributed by atoms with Crippen molar-refractivity contribution in [1.29, 1.82) is 0 Å². The van der Waals surface area contributed by atoms with Gasteiger partial charge in [0, 0.05) is 0 Å². The van der Waals surface area contributed by atoms with Crippen molar-refractivity contribution in [3.8, 4) is 0 Å². The molecule has 2 aliphatic rings. The van der Waals surface area contributed by atoms with E-state index in [9.17, 15) is 0 Å². The van der Waals surface area contributed by atoms with Crippen molar-refractivity contribution in [1.82, 2.24) is 0 Å². The zero-order valence-electron chi connectivity index (χ0n) is 6.61. The third-order valence-corrected chi connectivity index (χ3v) is 2.62. The van der Waals surface area contributed by atoms with Crippen LogP contribution < -0.4 is 0 Å². The number of rotatable bonds is 0. The predicted octanol–water partition coefficient (Wildman–Crippen LogP) is 3.21. The van der Waals surface area contributed by atoms with Crippen molar-refractivity contribution in [3.05, 3.63) is 22.8 Å². The summed E-state index contributed by atoms with van der Waals surface area (Å²) in [7, 11) is 0. The summed E-state index contributed by atoms with van der Waals surface area (Å²) in [6.45, 7) is 2.25. The van der Waals surface area contributed by atoms with Gasteiger partial charge in [0.25, 0.3) is 0 Å². The number of allylic oxidation sites excluding steroid dienone is 4. The monoisotopic (exact) mass is 134 g/mol. The number of hydrogen-bond donors (Lipinski definition) is 0. The maximum atomic E-state index is 2.41. The van der Waals surface area contributed by atoms with Crippen LogP contribution in [0, 0.1) is 0 Å². The molecule has 0 aliphatic heterocycles. The SMILES string of the molecule is CC1=CC2=C(CCC2)CC1. The van der Waals surface area contributed by atoms with Gasteiger partial charge in [0.05, 0.1) is 0 Å². The van der Waals surface area contributed by atoms with Crippen LogP contribution in [0.2, 0.25) is 0 Å². The average molecular weight is 134 g/mol. The van der Waals surface area contributed by atoms with Gasteiger partial charge in [0.2, 0.25) is 0 Å². The third kappa shape index (κ3) is 0.920. The van der Waals surface area contributed by atoms with Crippen molar-refractivity contribution < 1.29 is 0 Å². The van der Waals surface area contributed by atoms with E-state index in [4.69, 9.17) is 0 Å². The molecule has 0 fully saturated rings. The molecule has 0 aromatic carbocycles. The van der Waals surface area contributed by atoms with Crippen LogP contribution in [0.15, 0.2) is 22.8 Å². The van der Waals surface area contributed by atoms with Gasteiger partial charge in [0.1, 0.15) is 0 Å². The Kier molecular flexibility index (Phi) is 1.40. The van der Waals surface area contributed by atoms with Crippen LogP contribution in [0.3, 0.4) is 0 Å². The molecular weight excluding hydrogens is 120 g/mol. The largest absolute Gasteiger partial charge is 0.0727 e. The lowest BCUT2D eigenvalue weighted by atomic mass is 9.95. The molecule has 2 rings (SSSR count). The fraction of sp³-hybridized carbons (Fsp3) is 0.600. The molecule has 0 heteroatoms. The highest BCUT2D eigenvalue weighted by Crippen LogP contribution is 2.35.